The topological polar surface area (TPSA) is 60.0 Å². The van der Waals surface area contributed by atoms with Crippen LogP contribution in [-0.2, 0) is 10.2 Å². The number of nitrogens with zero attached hydrogens (tertiary/aromatic N) is 1. The molecule has 6 nitrogen and oxygen atoms in total. The molecular weight excluding hydrogens is 451 g/mol. The van der Waals surface area contributed by atoms with Crippen LogP contribution in [0.1, 0.15) is 24.8 Å². The van der Waals surface area contributed by atoms with Gasteiger partial charge in [0.1, 0.15) is 5.76 Å². The minimum atomic E-state index is -0.561. The summed E-state index contributed by atoms with van der Waals surface area (Å²) in [6.45, 7) is 0.966. The van der Waals surface area contributed by atoms with E-state index in [-0.39, 0.29) is 11.5 Å². The van der Waals surface area contributed by atoms with Crippen LogP contribution in [0.15, 0.2) is 48.2 Å². The van der Waals surface area contributed by atoms with Crippen molar-refractivity contribution in [3.63, 3.8) is 0 Å². The van der Waals surface area contributed by atoms with E-state index >= 15 is 0 Å². The maximum absolute atomic E-state index is 12.5. The Kier molecular flexibility index (Phi) is 6.56. The van der Waals surface area contributed by atoms with Gasteiger partial charge in [0.15, 0.2) is 11.5 Å². The highest BCUT2D eigenvalue weighted by atomic mass is 35.5. The number of nitrogens with one attached hydrogen (secondary N) is 1. The number of hydrogen-bond donors (Lipinski definition) is 1. The van der Waals surface area contributed by atoms with Crippen molar-refractivity contribution < 1.29 is 19.0 Å². The molecule has 1 fully saturated rings. The van der Waals surface area contributed by atoms with E-state index in [1.807, 2.05) is 12.1 Å². The third kappa shape index (κ3) is 4.40. The van der Waals surface area contributed by atoms with Gasteiger partial charge in [0.25, 0.3) is 0 Å². The number of allylic oxidation sites excluding steroid dienone is 1. The zero-order valence-corrected chi connectivity index (χ0v) is 19.8. The van der Waals surface area contributed by atoms with Gasteiger partial charge in [-0.05, 0) is 68.4 Å². The third-order valence-corrected chi connectivity index (χ3v) is 6.90. The molecule has 1 aliphatic heterocycles. The second kappa shape index (κ2) is 9.22. The molecule has 2 aliphatic rings. The lowest BCUT2D eigenvalue weighted by Crippen LogP contribution is -2.43. The van der Waals surface area contributed by atoms with Gasteiger partial charge in [0.05, 0.1) is 14.2 Å². The van der Waals surface area contributed by atoms with Crippen molar-refractivity contribution in [3.05, 3.63) is 63.8 Å². The average molecular weight is 477 g/mol. The minimum absolute atomic E-state index is 0.0713. The number of methoxy groups -OCH3 is 2. The number of anilines is 1. The number of halogens is 2. The fraction of sp³-hybridized carbons (Fsp3) is 0.375. The molecule has 0 aromatic heterocycles. The van der Waals surface area contributed by atoms with Gasteiger partial charge in [0, 0.05) is 33.6 Å². The van der Waals surface area contributed by atoms with E-state index in [2.05, 4.69) is 29.4 Å². The number of benzene rings is 2. The molecule has 8 heteroatoms. The van der Waals surface area contributed by atoms with Crippen molar-refractivity contribution in [2.45, 2.75) is 30.7 Å². The van der Waals surface area contributed by atoms with Crippen molar-refractivity contribution in [2.75, 3.05) is 33.1 Å². The van der Waals surface area contributed by atoms with Crippen LogP contribution >= 0.6 is 23.2 Å². The normalized spacial score (nSPS) is 22.7. The first-order valence-electron chi connectivity index (χ1n) is 10.4. The number of rotatable bonds is 5. The molecule has 0 bridgehead atoms. The predicted octanol–water partition coefficient (Wildman–Crippen LogP) is 5.88. The van der Waals surface area contributed by atoms with Crippen molar-refractivity contribution in [2.24, 2.45) is 0 Å². The Bertz CT molecular complexity index is 1040. The SMILES string of the molecule is COc1ccc(C23CC=C(OC(=O)Nc4cc(Cl)cc(Cl)c4)CC2N(C)CC3)cc1OC. The van der Waals surface area contributed by atoms with E-state index in [0.717, 1.165) is 25.1 Å². The van der Waals surface area contributed by atoms with Crippen LogP contribution in [0.2, 0.25) is 10.0 Å². The van der Waals surface area contributed by atoms with E-state index in [0.29, 0.717) is 33.7 Å². The van der Waals surface area contributed by atoms with Crippen molar-refractivity contribution in [3.8, 4) is 11.5 Å². The number of carbonyl (C=O) groups excluding carboxylic acids is 1. The molecule has 2 unspecified atom stereocenters. The molecule has 0 radical (unpaired) electrons. The van der Waals surface area contributed by atoms with Crippen LogP contribution in [0.4, 0.5) is 10.5 Å². The van der Waals surface area contributed by atoms with Crippen molar-refractivity contribution in [1.29, 1.82) is 0 Å². The summed E-state index contributed by atoms with van der Waals surface area (Å²) in [6, 6.07) is 11.2. The van der Waals surface area contributed by atoms with E-state index in [9.17, 15) is 4.79 Å². The molecule has 1 heterocycles. The van der Waals surface area contributed by atoms with Crippen LogP contribution in [0.3, 0.4) is 0 Å². The fourth-order valence-electron chi connectivity index (χ4n) is 4.85. The van der Waals surface area contributed by atoms with E-state index < -0.39 is 6.09 Å². The van der Waals surface area contributed by atoms with Crippen LogP contribution in [-0.4, -0.2) is 44.8 Å². The lowest BCUT2D eigenvalue weighted by atomic mass is 9.68. The lowest BCUT2D eigenvalue weighted by molar-refractivity contribution is 0.161. The maximum atomic E-state index is 12.5. The Morgan fingerprint density at radius 1 is 1.09 bits per heavy atom. The molecular formula is C24H26Cl2N2O4. The number of carbonyl (C=O) groups is 1. The summed E-state index contributed by atoms with van der Waals surface area (Å²) < 4.78 is 16.6. The predicted molar refractivity (Wildman–Crippen MR) is 126 cm³/mol. The molecule has 32 heavy (non-hydrogen) atoms. The van der Waals surface area contributed by atoms with Gasteiger partial charge in [-0.2, -0.15) is 0 Å². The molecule has 2 aromatic carbocycles. The molecule has 0 spiro atoms. The largest absolute Gasteiger partial charge is 0.493 e. The number of likely N-dealkylation sites (N-methyl/N-ethyl adjacent to an activating group) is 1. The lowest BCUT2D eigenvalue weighted by Gasteiger charge is -2.40. The highest BCUT2D eigenvalue weighted by Gasteiger charge is 2.49. The Labute approximate surface area is 198 Å². The minimum Gasteiger partial charge on any atom is -0.493 e. The first-order chi connectivity index (χ1) is 15.3. The van der Waals surface area contributed by atoms with Gasteiger partial charge in [-0.15, -0.1) is 0 Å². The second-order valence-electron chi connectivity index (χ2n) is 8.22. The van der Waals surface area contributed by atoms with Gasteiger partial charge in [-0.3, -0.25) is 5.32 Å². The van der Waals surface area contributed by atoms with Crippen LogP contribution in [0.5, 0.6) is 11.5 Å². The molecule has 1 saturated heterocycles. The van der Waals surface area contributed by atoms with E-state index in [4.69, 9.17) is 37.4 Å². The molecule has 4 rings (SSSR count). The summed E-state index contributed by atoms with van der Waals surface area (Å²) in [4.78, 5) is 14.8. The second-order valence-corrected chi connectivity index (χ2v) is 9.10. The zero-order chi connectivity index (χ0) is 22.9. The Morgan fingerprint density at radius 3 is 2.50 bits per heavy atom. The number of ether oxygens (including phenoxy) is 3. The van der Waals surface area contributed by atoms with E-state index in [1.165, 1.54) is 5.56 Å². The van der Waals surface area contributed by atoms with Crippen LogP contribution in [0, 0.1) is 0 Å². The number of hydrogen-bond acceptors (Lipinski definition) is 5. The summed E-state index contributed by atoms with van der Waals surface area (Å²) in [5.41, 5.74) is 1.62. The van der Waals surface area contributed by atoms with Gasteiger partial charge in [0.2, 0.25) is 0 Å². The fourth-order valence-corrected chi connectivity index (χ4v) is 5.38. The van der Waals surface area contributed by atoms with Gasteiger partial charge in [-0.1, -0.05) is 29.3 Å². The molecule has 2 atom stereocenters. The first kappa shape index (κ1) is 22.8. The molecule has 2 aromatic rings. The smallest absolute Gasteiger partial charge is 0.416 e. The summed E-state index contributed by atoms with van der Waals surface area (Å²) >= 11 is 12.0. The molecule has 1 aliphatic carbocycles. The molecule has 1 N–H and O–H groups in total. The summed E-state index contributed by atoms with van der Waals surface area (Å²) in [5, 5.41) is 3.58. The van der Waals surface area contributed by atoms with Gasteiger partial charge >= 0.3 is 6.09 Å². The first-order valence-corrected chi connectivity index (χ1v) is 11.2. The Hall–Kier alpha value is -2.41. The summed E-state index contributed by atoms with van der Waals surface area (Å²) in [6.07, 6.45) is 3.88. The Balaban J connectivity index is 1.53. The number of likely N-dealkylation sites (tertiary alicyclic amines) is 1. The molecule has 1 amide bonds. The maximum Gasteiger partial charge on any atom is 0.416 e. The van der Waals surface area contributed by atoms with Gasteiger partial charge < -0.3 is 19.1 Å². The monoisotopic (exact) mass is 476 g/mol. The highest BCUT2D eigenvalue weighted by molar-refractivity contribution is 6.35. The third-order valence-electron chi connectivity index (χ3n) is 6.46. The van der Waals surface area contributed by atoms with Gasteiger partial charge in [-0.25, -0.2) is 4.79 Å². The number of amides is 1. The van der Waals surface area contributed by atoms with Crippen molar-refractivity contribution >= 4 is 35.0 Å². The van der Waals surface area contributed by atoms with E-state index in [1.54, 1.807) is 32.4 Å². The summed E-state index contributed by atoms with van der Waals surface area (Å²) in [7, 11) is 5.40. The van der Waals surface area contributed by atoms with Crippen LogP contribution in [0.25, 0.3) is 0 Å². The standard InChI is InChI=1S/C24H26Cl2N2O4/c1-28-9-8-24(15-4-5-20(30-2)21(10-15)31-3)7-6-19(14-22(24)28)32-23(29)27-18-12-16(25)11-17(26)13-18/h4-6,10-13,22H,7-9,14H2,1-3H3,(H,27,29). The Morgan fingerprint density at radius 2 is 1.81 bits per heavy atom. The quantitative estimate of drug-likeness (QED) is 0.583. The highest BCUT2D eigenvalue weighted by Crippen LogP contribution is 2.49. The van der Waals surface area contributed by atoms with Crippen LogP contribution < -0.4 is 14.8 Å². The average Bonchev–Trinajstić information content (AvgIpc) is 3.09. The van der Waals surface area contributed by atoms with Crippen molar-refractivity contribution in [1.82, 2.24) is 4.90 Å². The zero-order valence-electron chi connectivity index (χ0n) is 18.3. The molecule has 170 valence electrons. The molecule has 0 saturated carbocycles. The number of fused-ring (bicyclic) bond motifs is 1. The summed E-state index contributed by atoms with van der Waals surface area (Å²) in [5.74, 6) is 2.09.